The Labute approximate surface area is 156 Å². The van der Waals surface area contributed by atoms with Crippen molar-refractivity contribution in [1.82, 2.24) is 4.90 Å². The molecule has 2 aromatic rings. The molecule has 6 heteroatoms. The third-order valence-corrected chi connectivity index (χ3v) is 4.89. The first-order valence-corrected chi connectivity index (χ1v) is 8.53. The molecule has 0 saturated carbocycles. The van der Waals surface area contributed by atoms with E-state index in [4.69, 9.17) is 23.2 Å². The van der Waals surface area contributed by atoms with Crippen LogP contribution in [0.4, 0.5) is 5.69 Å². The van der Waals surface area contributed by atoms with E-state index < -0.39 is 0 Å². The van der Waals surface area contributed by atoms with Gasteiger partial charge in [0, 0.05) is 13.1 Å². The Kier molecular flexibility index (Phi) is 5.11. The van der Waals surface area contributed by atoms with E-state index >= 15 is 0 Å². The first-order valence-electron chi connectivity index (χ1n) is 7.77. The predicted octanol–water partition coefficient (Wildman–Crippen LogP) is 4.90. The van der Waals surface area contributed by atoms with E-state index in [0.29, 0.717) is 15.7 Å². The highest BCUT2D eigenvalue weighted by Gasteiger charge is 2.28. The molecule has 1 aliphatic heterocycles. The first-order chi connectivity index (χ1) is 12.0. The molecule has 0 aromatic heterocycles. The highest BCUT2D eigenvalue weighted by Crippen LogP contribution is 2.34. The van der Waals surface area contributed by atoms with E-state index in [-0.39, 0.29) is 24.3 Å². The quantitative estimate of drug-likeness (QED) is 0.830. The molecule has 4 nitrogen and oxygen atoms in total. The number of benzene rings is 2. The number of anilines is 1. The topological polar surface area (TPSA) is 49.4 Å². The largest absolute Gasteiger partial charge is 0.325 e. The van der Waals surface area contributed by atoms with Crippen molar-refractivity contribution in [2.45, 2.75) is 19.4 Å². The van der Waals surface area contributed by atoms with Crippen molar-refractivity contribution in [3.63, 3.8) is 0 Å². The van der Waals surface area contributed by atoms with E-state index in [0.717, 1.165) is 11.1 Å². The molecule has 0 radical (unpaired) electrons. The van der Waals surface area contributed by atoms with E-state index in [1.807, 2.05) is 30.3 Å². The van der Waals surface area contributed by atoms with Gasteiger partial charge in [-0.3, -0.25) is 9.59 Å². The van der Waals surface area contributed by atoms with Gasteiger partial charge in [0.15, 0.2) is 0 Å². The normalized spacial score (nSPS) is 15.6. The zero-order chi connectivity index (χ0) is 18.0. The minimum absolute atomic E-state index is 0.115. The molecular formula is C19H16Cl2N2O2. The van der Waals surface area contributed by atoms with Crippen LogP contribution in [0.15, 0.2) is 48.7 Å². The summed E-state index contributed by atoms with van der Waals surface area (Å²) in [6.07, 6.45) is 3.71. The van der Waals surface area contributed by atoms with Crippen molar-refractivity contribution in [1.29, 1.82) is 0 Å². The van der Waals surface area contributed by atoms with Crippen LogP contribution in [0.3, 0.4) is 0 Å². The lowest BCUT2D eigenvalue weighted by Crippen LogP contribution is -2.33. The third-order valence-electron chi connectivity index (χ3n) is 4.07. The van der Waals surface area contributed by atoms with Crippen LogP contribution in [-0.2, 0) is 9.59 Å². The van der Waals surface area contributed by atoms with Crippen molar-refractivity contribution >= 4 is 46.8 Å². The fourth-order valence-corrected chi connectivity index (χ4v) is 3.24. The number of halogens is 2. The van der Waals surface area contributed by atoms with Gasteiger partial charge >= 0.3 is 0 Å². The Morgan fingerprint density at radius 1 is 1.12 bits per heavy atom. The van der Waals surface area contributed by atoms with Gasteiger partial charge in [-0.15, -0.1) is 0 Å². The second-order valence-electron chi connectivity index (χ2n) is 5.74. The SMILES string of the molecule is CC(=O)N1C=Cc2ccccc2C1CC(=O)Nc1cccc(Cl)c1Cl. The van der Waals surface area contributed by atoms with Crippen LogP contribution in [0.2, 0.25) is 10.0 Å². The Morgan fingerprint density at radius 2 is 1.88 bits per heavy atom. The summed E-state index contributed by atoms with van der Waals surface area (Å²) in [4.78, 5) is 26.1. The maximum atomic E-state index is 12.5. The van der Waals surface area contributed by atoms with Gasteiger partial charge < -0.3 is 10.2 Å². The van der Waals surface area contributed by atoms with Gasteiger partial charge in [0.25, 0.3) is 0 Å². The van der Waals surface area contributed by atoms with Crippen LogP contribution in [-0.4, -0.2) is 16.7 Å². The van der Waals surface area contributed by atoms with Gasteiger partial charge in [0.05, 0.1) is 28.2 Å². The molecule has 1 heterocycles. The molecule has 3 rings (SSSR count). The van der Waals surface area contributed by atoms with Gasteiger partial charge in [-0.2, -0.15) is 0 Å². The van der Waals surface area contributed by atoms with Crippen LogP contribution in [0.1, 0.15) is 30.5 Å². The summed E-state index contributed by atoms with van der Waals surface area (Å²) in [5.41, 5.74) is 2.39. The summed E-state index contributed by atoms with van der Waals surface area (Å²) in [6, 6.07) is 12.4. The summed E-state index contributed by atoms with van der Waals surface area (Å²) in [5.74, 6) is -0.366. The van der Waals surface area contributed by atoms with Crippen LogP contribution in [0.25, 0.3) is 6.08 Å². The molecule has 0 spiro atoms. The number of nitrogens with zero attached hydrogens (tertiary/aromatic N) is 1. The molecule has 1 atom stereocenters. The number of fused-ring (bicyclic) bond motifs is 1. The maximum Gasteiger partial charge on any atom is 0.226 e. The Bertz CT molecular complexity index is 864. The van der Waals surface area contributed by atoms with E-state index in [2.05, 4.69) is 5.32 Å². The number of carbonyl (C=O) groups is 2. The molecule has 1 aliphatic rings. The monoisotopic (exact) mass is 374 g/mol. The lowest BCUT2D eigenvalue weighted by atomic mass is 9.93. The van der Waals surface area contributed by atoms with Gasteiger partial charge in [0.2, 0.25) is 11.8 Å². The molecule has 0 bridgehead atoms. The minimum Gasteiger partial charge on any atom is -0.325 e. The van der Waals surface area contributed by atoms with Crippen LogP contribution in [0.5, 0.6) is 0 Å². The fraction of sp³-hybridized carbons (Fsp3) is 0.158. The third kappa shape index (κ3) is 3.70. The zero-order valence-corrected chi connectivity index (χ0v) is 15.0. The Hall–Kier alpha value is -2.30. The summed E-state index contributed by atoms with van der Waals surface area (Å²) in [6.45, 7) is 1.48. The molecule has 2 aromatic carbocycles. The highest BCUT2D eigenvalue weighted by molar-refractivity contribution is 6.43. The standard InChI is InChI=1S/C19H16Cl2N2O2/c1-12(24)23-10-9-13-5-2-3-6-14(13)17(23)11-18(25)22-16-8-4-7-15(20)19(16)21/h2-10,17H,11H2,1H3,(H,22,25). The lowest BCUT2D eigenvalue weighted by molar-refractivity contribution is -0.129. The van der Waals surface area contributed by atoms with Crippen molar-refractivity contribution < 1.29 is 9.59 Å². The van der Waals surface area contributed by atoms with Gasteiger partial charge in [-0.05, 0) is 29.3 Å². The smallest absolute Gasteiger partial charge is 0.226 e. The summed E-state index contributed by atoms with van der Waals surface area (Å²) in [7, 11) is 0. The molecule has 0 aliphatic carbocycles. The van der Waals surface area contributed by atoms with E-state index in [1.165, 1.54) is 6.92 Å². The maximum absolute atomic E-state index is 12.5. The summed E-state index contributed by atoms with van der Waals surface area (Å²) < 4.78 is 0. The molecule has 0 saturated heterocycles. The molecule has 0 fully saturated rings. The second kappa shape index (κ2) is 7.30. The molecule has 1 N–H and O–H groups in total. The molecule has 25 heavy (non-hydrogen) atoms. The Balaban J connectivity index is 1.84. The second-order valence-corrected chi connectivity index (χ2v) is 6.53. The summed E-state index contributed by atoms with van der Waals surface area (Å²) >= 11 is 12.1. The number of nitrogens with one attached hydrogen (secondary N) is 1. The van der Waals surface area contributed by atoms with E-state index in [9.17, 15) is 9.59 Å². The van der Waals surface area contributed by atoms with Crippen molar-refractivity contribution in [2.75, 3.05) is 5.32 Å². The zero-order valence-electron chi connectivity index (χ0n) is 13.5. The molecular weight excluding hydrogens is 359 g/mol. The first kappa shape index (κ1) is 17.5. The van der Waals surface area contributed by atoms with Crippen LogP contribution in [0, 0.1) is 0 Å². The predicted molar refractivity (Wildman–Crippen MR) is 100 cm³/mol. The molecule has 128 valence electrons. The highest BCUT2D eigenvalue weighted by atomic mass is 35.5. The van der Waals surface area contributed by atoms with Gasteiger partial charge in [0.1, 0.15) is 0 Å². The lowest BCUT2D eigenvalue weighted by Gasteiger charge is -2.32. The average molecular weight is 375 g/mol. The van der Waals surface area contributed by atoms with Crippen LogP contribution < -0.4 is 5.32 Å². The fourth-order valence-electron chi connectivity index (χ4n) is 2.89. The van der Waals surface area contributed by atoms with Gasteiger partial charge in [-0.1, -0.05) is 53.5 Å². The number of hydrogen-bond donors (Lipinski definition) is 1. The average Bonchev–Trinajstić information content (AvgIpc) is 2.59. The minimum atomic E-state index is -0.364. The van der Waals surface area contributed by atoms with Crippen molar-refractivity contribution in [2.24, 2.45) is 0 Å². The number of hydrogen-bond acceptors (Lipinski definition) is 2. The molecule has 2 amide bonds. The number of carbonyl (C=O) groups excluding carboxylic acids is 2. The number of rotatable bonds is 3. The Morgan fingerprint density at radius 3 is 2.64 bits per heavy atom. The van der Waals surface area contributed by atoms with Gasteiger partial charge in [-0.25, -0.2) is 0 Å². The van der Waals surface area contributed by atoms with E-state index in [1.54, 1.807) is 29.3 Å². The van der Waals surface area contributed by atoms with Crippen molar-refractivity contribution in [3.8, 4) is 0 Å². The van der Waals surface area contributed by atoms with Crippen molar-refractivity contribution in [3.05, 3.63) is 69.8 Å². The molecule has 1 unspecified atom stereocenters. The summed E-state index contributed by atoms with van der Waals surface area (Å²) in [5, 5.41) is 3.44. The number of amides is 2. The van der Waals surface area contributed by atoms with Crippen LogP contribution >= 0.6 is 23.2 Å².